The molecule has 1 aromatic heterocycles. The molecule has 78 valence electrons. The summed E-state index contributed by atoms with van der Waals surface area (Å²) in [5, 5.41) is 8.84. The smallest absolute Gasteiger partial charge is 0.258 e. The fourth-order valence-electron chi connectivity index (χ4n) is 1.16. The van der Waals surface area contributed by atoms with Gasteiger partial charge in [-0.05, 0) is 13.8 Å². The molecule has 14 heavy (non-hydrogen) atoms. The number of rotatable bonds is 3. The van der Waals surface area contributed by atoms with E-state index < -0.39 is 6.04 Å². The summed E-state index contributed by atoms with van der Waals surface area (Å²) in [6.07, 6.45) is 2.88. The van der Waals surface area contributed by atoms with Gasteiger partial charge in [0.05, 0.1) is 24.5 Å². The average Bonchev–Trinajstić information content (AvgIpc) is 2.16. The maximum absolute atomic E-state index is 11.7. The van der Waals surface area contributed by atoms with Crippen LogP contribution in [-0.2, 0) is 0 Å². The van der Waals surface area contributed by atoms with E-state index in [-0.39, 0.29) is 18.2 Å². The van der Waals surface area contributed by atoms with Crippen LogP contribution >= 0.6 is 0 Å². The lowest BCUT2D eigenvalue weighted by atomic mass is 10.2. The van der Waals surface area contributed by atoms with Gasteiger partial charge >= 0.3 is 0 Å². The second-order valence-electron chi connectivity index (χ2n) is 3.44. The Labute approximate surface area is 82.2 Å². The van der Waals surface area contributed by atoms with Gasteiger partial charge in [0.2, 0.25) is 0 Å². The van der Waals surface area contributed by atoms with Crippen LogP contribution < -0.4 is 11.3 Å². The molecule has 0 saturated heterocycles. The van der Waals surface area contributed by atoms with Crippen molar-refractivity contribution in [1.29, 1.82) is 0 Å². The van der Waals surface area contributed by atoms with Crippen LogP contribution in [0, 0.1) is 0 Å². The molecule has 0 bridgehead atoms. The molecule has 1 rings (SSSR count). The van der Waals surface area contributed by atoms with Gasteiger partial charge in [0.15, 0.2) is 0 Å². The summed E-state index contributed by atoms with van der Waals surface area (Å²) >= 11 is 0. The summed E-state index contributed by atoms with van der Waals surface area (Å²) in [6, 6.07) is -0.609. The molecule has 1 atom stereocenters. The van der Waals surface area contributed by atoms with Gasteiger partial charge in [0, 0.05) is 12.2 Å². The summed E-state index contributed by atoms with van der Waals surface area (Å²) in [5.74, 6) is 0. The monoisotopic (exact) mass is 197 g/mol. The van der Waals surface area contributed by atoms with E-state index in [1.165, 1.54) is 17.1 Å². The molecule has 0 saturated carbocycles. The Morgan fingerprint density at radius 3 is 2.79 bits per heavy atom. The average molecular weight is 197 g/mol. The Bertz CT molecular complexity index is 359. The van der Waals surface area contributed by atoms with E-state index in [4.69, 9.17) is 10.8 Å². The van der Waals surface area contributed by atoms with Gasteiger partial charge < -0.3 is 10.8 Å². The van der Waals surface area contributed by atoms with Gasteiger partial charge in [-0.3, -0.25) is 9.36 Å². The van der Waals surface area contributed by atoms with Gasteiger partial charge in [0.1, 0.15) is 0 Å². The third kappa shape index (κ3) is 2.00. The van der Waals surface area contributed by atoms with Crippen molar-refractivity contribution in [2.45, 2.75) is 25.9 Å². The standard InChI is InChI=1S/C9H15N3O2/c1-6(2)12-5-11-3-7(9(12)14)8(10)4-13/h3,5-6,8,13H,4,10H2,1-2H3. The third-order valence-corrected chi connectivity index (χ3v) is 2.04. The Balaban J connectivity index is 3.21. The third-order valence-electron chi connectivity index (χ3n) is 2.04. The zero-order chi connectivity index (χ0) is 10.7. The van der Waals surface area contributed by atoms with Gasteiger partial charge in [-0.1, -0.05) is 0 Å². The predicted octanol–water partition coefficient (Wildman–Crippen LogP) is -0.184. The first-order valence-electron chi connectivity index (χ1n) is 4.50. The van der Waals surface area contributed by atoms with Crippen molar-refractivity contribution in [3.63, 3.8) is 0 Å². The minimum Gasteiger partial charge on any atom is -0.394 e. The molecule has 0 amide bonds. The van der Waals surface area contributed by atoms with Crippen LogP contribution in [-0.4, -0.2) is 21.3 Å². The summed E-state index contributed by atoms with van der Waals surface area (Å²) in [6.45, 7) is 3.52. The Morgan fingerprint density at radius 1 is 1.64 bits per heavy atom. The number of aliphatic hydroxyl groups is 1. The molecule has 0 aliphatic heterocycles. The molecule has 1 heterocycles. The second kappa shape index (κ2) is 4.34. The van der Waals surface area contributed by atoms with Crippen molar-refractivity contribution < 1.29 is 5.11 Å². The molecular formula is C9H15N3O2. The quantitative estimate of drug-likeness (QED) is 0.704. The number of hydrogen-bond donors (Lipinski definition) is 2. The number of aromatic nitrogens is 2. The highest BCUT2D eigenvalue weighted by Crippen LogP contribution is 2.04. The van der Waals surface area contributed by atoms with Gasteiger partial charge in [-0.2, -0.15) is 0 Å². The van der Waals surface area contributed by atoms with Crippen molar-refractivity contribution in [3.05, 3.63) is 28.4 Å². The topological polar surface area (TPSA) is 81.1 Å². The highest BCUT2D eigenvalue weighted by Gasteiger charge is 2.12. The first kappa shape index (κ1) is 10.9. The first-order valence-corrected chi connectivity index (χ1v) is 4.50. The summed E-state index contributed by atoms with van der Waals surface area (Å²) < 4.78 is 1.49. The van der Waals surface area contributed by atoms with Gasteiger partial charge in [0.25, 0.3) is 5.56 Å². The Hall–Kier alpha value is -1.20. The second-order valence-corrected chi connectivity index (χ2v) is 3.44. The van der Waals surface area contributed by atoms with Crippen LogP contribution in [0.3, 0.4) is 0 Å². The van der Waals surface area contributed by atoms with Crippen LogP contribution in [0.2, 0.25) is 0 Å². The van der Waals surface area contributed by atoms with Crippen molar-refractivity contribution >= 4 is 0 Å². The lowest BCUT2D eigenvalue weighted by molar-refractivity contribution is 0.266. The van der Waals surface area contributed by atoms with Crippen LogP contribution in [0.4, 0.5) is 0 Å². The molecule has 0 spiro atoms. The normalized spacial score (nSPS) is 13.2. The fourth-order valence-corrected chi connectivity index (χ4v) is 1.16. The van der Waals surface area contributed by atoms with Crippen LogP contribution in [0.1, 0.15) is 31.5 Å². The highest BCUT2D eigenvalue weighted by molar-refractivity contribution is 5.10. The van der Waals surface area contributed by atoms with Gasteiger partial charge in [-0.15, -0.1) is 0 Å². The van der Waals surface area contributed by atoms with Crippen molar-refractivity contribution in [2.75, 3.05) is 6.61 Å². The maximum atomic E-state index is 11.7. The van der Waals surface area contributed by atoms with Gasteiger partial charge in [-0.25, -0.2) is 4.98 Å². The molecular weight excluding hydrogens is 182 g/mol. The first-order chi connectivity index (χ1) is 6.57. The fraction of sp³-hybridized carbons (Fsp3) is 0.556. The highest BCUT2D eigenvalue weighted by atomic mass is 16.3. The van der Waals surface area contributed by atoms with Crippen molar-refractivity contribution in [2.24, 2.45) is 5.73 Å². The van der Waals surface area contributed by atoms with E-state index in [9.17, 15) is 4.79 Å². The molecule has 1 aromatic rings. The largest absolute Gasteiger partial charge is 0.394 e. The van der Waals surface area contributed by atoms with E-state index in [1.807, 2.05) is 13.8 Å². The molecule has 5 heteroatoms. The Morgan fingerprint density at radius 2 is 2.29 bits per heavy atom. The molecule has 0 aliphatic carbocycles. The minimum absolute atomic E-state index is 0.0424. The number of aliphatic hydroxyl groups excluding tert-OH is 1. The summed E-state index contributed by atoms with van der Waals surface area (Å²) in [4.78, 5) is 15.7. The molecule has 1 unspecified atom stereocenters. The van der Waals surface area contributed by atoms with E-state index in [0.29, 0.717) is 5.56 Å². The number of hydrogen-bond acceptors (Lipinski definition) is 4. The molecule has 0 aromatic carbocycles. The molecule has 0 radical (unpaired) electrons. The molecule has 5 nitrogen and oxygen atoms in total. The predicted molar refractivity (Wildman–Crippen MR) is 52.9 cm³/mol. The van der Waals surface area contributed by atoms with E-state index in [0.717, 1.165) is 0 Å². The molecule has 3 N–H and O–H groups in total. The van der Waals surface area contributed by atoms with Crippen LogP contribution in [0.25, 0.3) is 0 Å². The van der Waals surface area contributed by atoms with Crippen LogP contribution in [0.15, 0.2) is 17.3 Å². The van der Waals surface area contributed by atoms with Crippen LogP contribution in [0.5, 0.6) is 0 Å². The minimum atomic E-state index is -0.652. The van der Waals surface area contributed by atoms with Crippen molar-refractivity contribution in [1.82, 2.24) is 9.55 Å². The SMILES string of the molecule is CC(C)n1cncc(C(N)CO)c1=O. The Kier molecular flexibility index (Phi) is 3.38. The lowest BCUT2D eigenvalue weighted by Gasteiger charge is -2.12. The zero-order valence-corrected chi connectivity index (χ0v) is 8.34. The summed E-state index contributed by atoms with van der Waals surface area (Å²) in [7, 11) is 0. The maximum Gasteiger partial charge on any atom is 0.258 e. The molecule has 0 fully saturated rings. The van der Waals surface area contributed by atoms with E-state index in [2.05, 4.69) is 4.98 Å². The van der Waals surface area contributed by atoms with E-state index >= 15 is 0 Å². The zero-order valence-electron chi connectivity index (χ0n) is 8.34. The number of nitrogens with zero attached hydrogens (tertiary/aromatic N) is 2. The van der Waals surface area contributed by atoms with Crippen molar-refractivity contribution in [3.8, 4) is 0 Å². The van der Waals surface area contributed by atoms with E-state index in [1.54, 1.807) is 0 Å². The number of nitrogens with two attached hydrogens (primary N) is 1. The molecule has 0 aliphatic rings. The lowest BCUT2D eigenvalue weighted by Crippen LogP contribution is -2.30. The summed E-state index contributed by atoms with van der Waals surface area (Å²) in [5.41, 5.74) is 5.73.